The van der Waals surface area contributed by atoms with Crippen LogP contribution in [0.2, 0.25) is 0 Å². The molecule has 0 unspecified atom stereocenters. The van der Waals surface area contributed by atoms with Gasteiger partial charge in [-0.05, 0) is 48.9 Å². The van der Waals surface area contributed by atoms with E-state index in [4.69, 9.17) is 0 Å². The second-order valence-electron chi connectivity index (χ2n) is 5.95. The maximum absolute atomic E-state index is 13.6. The highest BCUT2D eigenvalue weighted by atomic mass is 32.2. The summed E-state index contributed by atoms with van der Waals surface area (Å²) in [6.07, 6.45) is -4.82. The summed E-state index contributed by atoms with van der Waals surface area (Å²) in [5, 5.41) is -0.678. The van der Waals surface area contributed by atoms with E-state index in [9.17, 15) is 30.4 Å². The van der Waals surface area contributed by atoms with Gasteiger partial charge < -0.3 is 0 Å². The van der Waals surface area contributed by atoms with Crippen molar-refractivity contribution in [2.75, 3.05) is 4.72 Å². The largest absolute Gasteiger partial charge is 0.418 e. The van der Waals surface area contributed by atoms with Crippen LogP contribution in [0.15, 0.2) is 53.6 Å². The fourth-order valence-corrected chi connectivity index (χ4v) is 3.49. The van der Waals surface area contributed by atoms with Gasteiger partial charge in [-0.25, -0.2) is 14.4 Å². The van der Waals surface area contributed by atoms with Gasteiger partial charge in [0.2, 0.25) is 5.95 Å². The lowest BCUT2D eigenvalue weighted by Gasteiger charge is -2.16. The number of alkyl halides is 3. The number of anilines is 1. The number of pyridine rings is 2. The summed E-state index contributed by atoms with van der Waals surface area (Å²) in [7, 11) is -4.42. The summed E-state index contributed by atoms with van der Waals surface area (Å²) in [6, 6.07) is 7.71. The van der Waals surface area contributed by atoms with E-state index < -0.39 is 50.1 Å². The Kier molecular flexibility index (Phi) is 5.26. The molecule has 1 N–H and O–H groups in total. The van der Waals surface area contributed by atoms with Gasteiger partial charge in [-0.1, -0.05) is 12.1 Å². The van der Waals surface area contributed by atoms with Crippen molar-refractivity contribution in [3.8, 4) is 11.3 Å². The number of nitrogens with zero attached hydrogens (tertiary/aromatic N) is 2. The minimum absolute atomic E-state index is 0.151. The van der Waals surface area contributed by atoms with Crippen LogP contribution >= 0.6 is 0 Å². The van der Waals surface area contributed by atoms with Crippen molar-refractivity contribution < 1.29 is 30.4 Å². The van der Waals surface area contributed by atoms with E-state index in [1.54, 1.807) is 0 Å². The van der Waals surface area contributed by atoms with Crippen molar-refractivity contribution in [3.63, 3.8) is 0 Å². The van der Waals surface area contributed by atoms with E-state index in [0.717, 1.165) is 36.4 Å². The quantitative estimate of drug-likeness (QED) is 0.488. The van der Waals surface area contributed by atoms with Gasteiger partial charge in [-0.3, -0.25) is 4.72 Å². The Morgan fingerprint density at radius 2 is 1.69 bits per heavy atom. The van der Waals surface area contributed by atoms with Crippen LogP contribution in [0.5, 0.6) is 0 Å². The molecule has 0 aliphatic rings. The Morgan fingerprint density at radius 1 is 0.966 bits per heavy atom. The number of benzene rings is 1. The standard InChI is InChI=1S/C18H12F5N3O2S/c1-10-5-6-11(19)9-12(10)17-13(18(21,22)23)7-8-15(25-17)26-29(27,28)16-4-2-3-14(20)24-16/h2-9H,1H3,(H,25,26). The number of nitrogens with one attached hydrogen (secondary N) is 1. The minimum Gasteiger partial charge on any atom is -0.262 e. The molecule has 3 rings (SSSR count). The van der Waals surface area contributed by atoms with Crippen LogP contribution < -0.4 is 4.72 Å². The molecule has 2 heterocycles. The van der Waals surface area contributed by atoms with Gasteiger partial charge >= 0.3 is 6.18 Å². The van der Waals surface area contributed by atoms with Gasteiger partial charge in [-0.2, -0.15) is 26.0 Å². The Labute approximate surface area is 162 Å². The molecule has 152 valence electrons. The second-order valence-corrected chi connectivity index (χ2v) is 7.58. The van der Waals surface area contributed by atoms with Crippen LogP contribution in [0.1, 0.15) is 11.1 Å². The van der Waals surface area contributed by atoms with E-state index in [0.29, 0.717) is 11.6 Å². The normalized spacial score (nSPS) is 12.1. The zero-order valence-electron chi connectivity index (χ0n) is 14.6. The summed E-state index contributed by atoms with van der Waals surface area (Å²) in [5.74, 6) is -2.30. The van der Waals surface area contributed by atoms with Gasteiger partial charge in [-0.15, -0.1) is 0 Å². The van der Waals surface area contributed by atoms with Gasteiger partial charge in [0.15, 0.2) is 5.03 Å². The van der Waals surface area contributed by atoms with Crippen molar-refractivity contribution >= 4 is 15.8 Å². The number of aryl methyl sites for hydroxylation is 1. The number of halogens is 5. The third kappa shape index (κ3) is 4.50. The van der Waals surface area contributed by atoms with Crippen LogP contribution in [-0.2, 0) is 16.2 Å². The molecule has 1 aromatic carbocycles. The fraction of sp³-hybridized carbons (Fsp3) is 0.111. The Bertz CT molecular complexity index is 1180. The molecule has 0 aliphatic carbocycles. The number of hydrogen-bond acceptors (Lipinski definition) is 4. The predicted molar refractivity (Wildman–Crippen MR) is 94.4 cm³/mol. The molecule has 0 radical (unpaired) electrons. The Hall–Kier alpha value is -3.08. The summed E-state index contributed by atoms with van der Waals surface area (Å²) in [5.41, 5.74) is -1.67. The molecule has 0 atom stereocenters. The lowest BCUT2D eigenvalue weighted by atomic mass is 10.0. The summed E-state index contributed by atoms with van der Waals surface area (Å²) in [6.45, 7) is 1.46. The van der Waals surface area contributed by atoms with E-state index in [2.05, 4.69) is 9.97 Å². The predicted octanol–water partition coefficient (Wildman–Crippen LogP) is 4.55. The Morgan fingerprint density at radius 3 is 2.34 bits per heavy atom. The highest BCUT2D eigenvalue weighted by Gasteiger charge is 2.35. The fourth-order valence-electron chi connectivity index (χ4n) is 2.53. The third-order valence-corrected chi connectivity index (χ3v) is 5.12. The molecule has 0 spiro atoms. The van der Waals surface area contributed by atoms with E-state index in [-0.39, 0.29) is 5.56 Å². The van der Waals surface area contributed by atoms with Crippen LogP contribution in [0.4, 0.5) is 27.8 Å². The summed E-state index contributed by atoms with van der Waals surface area (Å²) < 4.78 is 93.7. The van der Waals surface area contributed by atoms with Crippen LogP contribution in [-0.4, -0.2) is 18.4 Å². The first-order valence-electron chi connectivity index (χ1n) is 7.97. The second kappa shape index (κ2) is 7.39. The molecular formula is C18H12F5N3O2S. The third-order valence-electron chi connectivity index (χ3n) is 3.86. The van der Waals surface area contributed by atoms with Crippen LogP contribution in [0.25, 0.3) is 11.3 Å². The summed E-state index contributed by atoms with van der Waals surface area (Å²) >= 11 is 0. The van der Waals surface area contributed by atoms with Gasteiger partial charge in [0, 0.05) is 5.56 Å². The van der Waals surface area contributed by atoms with Crippen molar-refractivity contribution in [1.82, 2.24) is 9.97 Å². The first-order valence-corrected chi connectivity index (χ1v) is 9.46. The maximum atomic E-state index is 13.6. The molecule has 3 aromatic rings. The molecule has 0 saturated heterocycles. The maximum Gasteiger partial charge on any atom is 0.418 e. The van der Waals surface area contributed by atoms with Crippen LogP contribution in [0.3, 0.4) is 0 Å². The molecule has 0 saturated carbocycles. The van der Waals surface area contributed by atoms with Gasteiger partial charge in [0.05, 0.1) is 11.3 Å². The average Bonchev–Trinajstić information content (AvgIpc) is 2.62. The van der Waals surface area contributed by atoms with E-state index >= 15 is 0 Å². The van der Waals surface area contributed by atoms with Gasteiger partial charge in [0.1, 0.15) is 11.6 Å². The molecule has 11 heteroatoms. The van der Waals surface area contributed by atoms with Crippen molar-refractivity contribution in [2.45, 2.75) is 18.1 Å². The lowest BCUT2D eigenvalue weighted by molar-refractivity contribution is -0.137. The number of sulfonamides is 1. The van der Waals surface area contributed by atoms with Crippen LogP contribution in [0, 0.1) is 18.7 Å². The number of rotatable bonds is 4. The topological polar surface area (TPSA) is 72.0 Å². The number of aromatic nitrogens is 2. The SMILES string of the molecule is Cc1ccc(F)cc1-c1nc(NS(=O)(=O)c2cccc(F)n2)ccc1C(F)(F)F. The highest BCUT2D eigenvalue weighted by molar-refractivity contribution is 7.92. The molecule has 0 amide bonds. The van der Waals surface area contributed by atoms with E-state index in [1.807, 2.05) is 4.72 Å². The zero-order chi connectivity index (χ0) is 21.4. The molecule has 0 aliphatic heterocycles. The first-order chi connectivity index (χ1) is 13.5. The van der Waals surface area contributed by atoms with E-state index in [1.165, 1.54) is 13.0 Å². The van der Waals surface area contributed by atoms with Crippen molar-refractivity contribution in [1.29, 1.82) is 0 Å². The molecule has 0 fully saturated rings. The molecule has 29 heavy (non-hydrogen) atoms. The average molecular weight is 429 g/mol. The highest BCUT2D eigenvalue weighted by Crippen LogP contribution is 2.38. The smallest absolute Gasteiger partial charge is 0.262 e. The van der Waals surface area contributed by atoms with Crippen molar-refractivity contribution in [2.24, 2.45) is 0 Å². The molecular weight excluding hydrogens is 417 g/mol. The molecule has 0 bridgehead atoms. The lowest BCUT2D eigenvalue weighted by Crippen LogP contribution is -2.17. The molecule has 5 nitrogen and oxygen atoms in total. The monoisotopic (exact) mass is 429 g/mol. The molecule has 2 aromatic heterocycles. The van der Waals surface area contributed by atoms with Gasteiger partial charge in [0.25, 0.3) is 10.0 Å². The van der Waals surface area contributed by atoms with Crippen molar-refractivity contribution in [3.05, 3.63) is 71.4 Å². The zero-order valence-corrected chi connectivity index (χ0v) is 15.4. The Balaban J connectivity index is 2.12. The number of hydrogen-bond donors (Lipinski definition) is 1. The minimum atomic E-state index is -4.82. The first kappa shape index (κ1) is 20.6. The summed E-state index contributed by atoms with van der Waals surface area (Å²) in [4.78, 5) is 6.98.